The largest absolute Gasteiger partial charge is 0.458 e. The summed E-state index contributed by atoms with van der Waals surface area (Å²) >= 11 is 0. The third-order valence-corrected chi connectivity index (χ3v) is 7.09. The minimum Gasteiger partial charge on any atom is -0.458 e. The Hall–Kier alpha value is -0.530. The molecular weight excluding hydrogens is 248 g/mol. The summed E-state index contributed by atoms with van der Waals surface area (Å²) in [6, 6.07) is 0. The van der Waals surface area contributed by atoms with Gasteiger partial charge in [-0.15, -0.1) is 0 Å². The molecule has 0 radical (unpaired) electrons. The highest BCUT2D eigenvalue weighted by molar-refractivity contribution is 5.73. The van der Waals surface area contributed by atoms with Crippen molar-refractivity contribution in [2.24, 2.45) is 34.5 Å². The minimum atomic E-state index is 0.00584. The monoisotopic (exact) mass is 276 g/mol. The van der Waals surface area contributed by atoms with Gasteiger partial charge in [0.15, 0.2) is 0 Å². The number of carbonyl (C=O) groups is 1. The van der Waals surface area contributed by atoms with Gasteiger partial charge in [-0.2, -0.15) is 0 Å². The molecule has 20 heavy (non-hydrogen) atoms. The van der Waals surface area contributed by atoms with Crippen LogP contribution in [-0.2, 0) is 9.53 Å². The van der Waals surface area contributed by atoms with Crippen LogP contribution >= 0.6 is 0 Å². The van der Waals surface area contributed by atoms with Crippen LogP contribution in [0.15, 0.2) is 0 Å². The fraction of sp³-hybridized carbons (Fsp3) is 0.944. The van der Waals surface area contributed by atoms with E-state index in [9.17, 15) is 4.79 Å². The number of carbonyl (C=O) groups excluding carboxylic acids is 1. The molecule has 1 spiro atoms. The fourth-order valence-corrected chi connectivity index (χ4v) is 6.41. The molecule has 0 aromatic rings. The van der Waals surface area contributed by atoms with E-state index in [1.54, 1.807) is 0 Å². The average Bonchev–Trinajstić information content (AvgIpc) is 2.25. The Balaban J connectivity index is 1.43. The van der Waals surface area contributed by atoms with E-state index in [0.717, 1.165) is 30.6 Å². The molecule has 0 N–H and O–H groups in total. The Morgan fingerprint density at radius 3 is 2.20 bits per heavy atom. The maximum Gasteiger partial charge on any atom is 0.309 e. The van der Waals surface area contributed by atoms with Crippen LogP contribution in [0.3, 0.4) is 0 Å². The van der Waals surface area contributed by atoms with Crippen LogP contribution in [0.5, 0.6) is 0 Å². The summed E-state index contributed by atoms with van der Waals surface area (Å²) in [5.41, 5.74) is 0.712. The van der Waals surface area contributed by atoms with E-state index in [-0.39, 0.29) is 22.9 Å². The van der Waals surface area contributed by atoms with E-state index >= 15 is 0 Å². The average molecular weight is 276 g/mol. The smallest absolute Gasteiger partial charge is 0.309 e. The second kappa shape index (κ2) is 3.62. The fourth-order valence-electron chi connectivity index (χ4n) is 6.41. The second-order valence-electron chi connectivity index (χ2n) is 9.19. The summed E-state index contributed by atoms with van der Waals surface area (Å²) in [6.07, 6.45) is 7.07. The number of esters is 1. The van der Waals surface area contributed by atoms with Gasteiger partial charge < -0.3 is 4.74 Å². The maximum atomic E-state index is 12.6. The lowest BCUT2D eigenvalue weighted by Gasteiger charge is -2.89. The molecule has 0 saturated heterocycles. The minimum absolute atomic E-state index is 0.00584. The lowest BCUT2D eigenvalue weighted by atomic mass is 9.16. The number of ether oxygens (including phenoxy) is 1. The van der Waals surface area contributed by atoms with Gasteiger partial charge in [-0.05, 0) is 61.7 Å². The van der Waals surface area contributed by atoms with Gasteiger partial charge in [-0.3, -0.25) is 4.79 Å². The van der Waals surface area contributed by atoms with Gasteiger partial charge in [-0.25, -0.2) is 0 Å². The molecule has 2 nitrogen and oxygen atoms in total. The molecule has 0 aromatic heterocycles. The van der Waals surface area contributed by atoms with E-state index in [1.165, 1.54) is 25.7 Å². The predicted octanol–water partition coefficient (Wildman–Crippen LogP) is 4.18. The Morgan fingerprint density at radius 2 is 1.80 bits per heavy atom. The van der Waals surface area contributed by atoms with Crippen LogP contribution in [0.2, 0.25) is 0 Å². The predicted molar refractivity (Wildman–Crippen MR) is 78.0 cm³/mol. The third kappa shape index (κ3) is 1.30. The molecular formula is C18H28O2. The molecule has 0 amide bonds. The first-order chi connectivity index (χ1) is 9.32. The Morgan fingerprint density at radius 1 is 1.20 bits per heavy atom. The van der Waals surface area contributed by atoms with Gasteiger partial charge in [-0.1, -0.05) is 27.7 Å². The van der Waals surface area contributed by atoms with Crippen LogP contribution in [0.1, 0.15) is 66.2 Å². The number of hydrogen-bond donors (Lipinski definition) is 0. The molecule has 4 aliphatic carbocycles. The van der Waals surface area contributed by atoms with Crippen molar-refractivity contribution in [3.63, 3.8) is 0 Å². The molecule has 0 aromatic carbocycles. The van der Waals surface area contributed by atoms with Gasteiger partial charge in [0.1, 0.15) is 5.60 Å². The Labute approximate surface area is 122 Å². The molecule has 4 aliphatic rings. The van der Waals surface area contributed by atoms with Crippen LogP contribution in [0.4, 0.5) is 0 Å². The summed E-state index contributed by atoms with van der Waals surface area (Å²) in [7, 11) is 0. The standard InChI is InChI=1S/C18H28O2/c1-5-11(8-16(2,3)4)15(19)20-17-9-13-6-12-7-14(10-17)18(12,13)17/h11-14H,5-10H2,1-4H3. The van der Waals surface area contributed by atoms with Crippen molar-refractivity contribution in [2.45, 2.75) is 71.8 Å². The van der Waals surface area contributed by atoms with Crippen molar-refractivity contribution in [1.82, 2.24) is 0 Å². The number of rotatable bonds is 4. The molecule has 4 rings (SSSR count). The molecule has 0 bridgehead atoms. The third-order valence-electron chi connectivity index (χ3n) is 7.09. The van der Waals surface area contributed by atoms with Crippen molar-refractivity contribution in [2.75, 3.05) is 0 Å². The van der Waals surface area contributed by atoms with Gasteiger partial charge in [0.2, 0.25) is 0 Å². The summed E-state index contributed by atoms with van der Waals surface area (Å²) in [5, 5.41) is 0. The Bertz CT molecular complexity index is 433. The molecule has 2 heteroatoms. The zero-order valence-electron chi connectivity index (χ0n) is 13.4. The van der Waals surface area contributed by atoms with Crippen LogP contribution < -0.4 is 0 Å². The second-order valence-corrected chi connectivity index (χ2v) is 9.19. The van der Waals surface area contributed by atoms with E-state index in [2.05, 4.69) is 27.7 Å². The first kappa shape index (κ1) is 13.2. The summed E-state index contributed by atoms with van der Waals surface area (Å²) in [6.45, 7) is 8.77. The highest BCUT2D eigenvalue weighted by atomic mass is 16.6. The molecule has 112 valence electrons. The van der Waals surface area contributed by atoms with Crippen molar-refractivity contribution >= 4 is 5.97 Å². The first-order valence-corrected chi connectivity index (χ1v) is 8.55. The van der Waals surface area contributed by atoms with Crippen molar-refractivity contribution in [3.8, 4) is 0 Å². The maximum absolute atomic E-state index is 12.6. The van der Waals surface area contributed by atoms with Crippen LogP contribution in [0.25, 0.3) is 0 Å². The van der Waals surface area contributed by atoms with Crippen molar-refractivity contribution in [3.05, 3.63) is 0 Å². The quantitative estimate of drug-likeness (QED) is 0.720. The first-order valence-electron chi connectivity index (χ1n) is 8.55. The van der Waals surface area contributed by atoms with E-state index in [0.29, 0.717) is 5.41 Å². The molecule has 0 aliphatic heterocycles. The molecule has 3 unspecified atom stereocenters. The highest BCUT2D eigenvalue weighted by Gasteiger charge is 2.89. The molecule has 3 atom stereocenters. The lowest BCUT2D eigenvalue weighted by Crippen LogP contribution is -2.89. The van der Waals surface area contributed by atoms with Gasteiger partial charge in [0.25, 0.3) is 0 Å². The molecule has 0 heterocycles. The van der Waals surface area contributed by atoms with Crippen LogP contribution in [-0.4, -0.2) is 11.6 Å². The lowest BCUT2D eigenvalue weighted by molar-refractivity contribution is -0.449. The molecule has 4 fully saturated rings. The van der Waals surface area contributed by atoms with E-state index in [1.807, 2.05) is 0 Å². The normalized spacial score (nSPS) is 48.5. The van der Waals surface area contributed by atoms with Crippen molar-refractivity contribution < 1.29 is 9.53 Å². The van der Waals surface area contributed by atoms with E-state index in [4.69, 9.17) is 4.74 Å². The zero-order chi connectivity index (χ0) is 14.3. The van der Waals surface area contributed by atoms with Gasteiger partial charge >= 0.3 is 5.97 Å². The topological polar surface area (TPSA) is 26.3 Å². The summed E-state index contributed by atoms with van der Waals surface area (Å²) < 4.78 is 6.16. The Kier molecular flexibility index (Phi) is 2.38. The van der Waals surface area contributed by atoms with Gasteiger partial charge in [0.05, 0.1) is 5.92 Å². The number of hydrogen-bond acceptors (Lipinski definition) is 2. The SMILES string of the molecule is CCC(CC(C)(C)C)C(=O)OC12CC3CC4CC(C1)C432. The summed E-state index contributed by atoms with van der Waals surface area (Å²) in [5.74, 6) is 2.94. The highest BCUT2D eigenvalue weighted by Crippen LogP contribution is 2.90. The van der Waals surface area contributed by atoms with Crippen molar-refractivity contribution in [1.29, 1.82) is 0 Å². The van der Waals surface area contributed by atoms with Crippen LogP contribution in [0, 0.1) is 34.5 Å². The van der Waals surface area contributed by atoms with Gasteiger partial charge in [0, 0.05) is 5.41 Å². The summed E-state index contributed by atoms with van der Waals surface area (Å²) in [4.78, 5) is 12.6. The van der Waals surface area contributed by atoms with E-state index < -0.39 is 0 Å². The zero-order valence-corrected chi connectivity index (χ0v) is 13.4. The molecule has 4 saturated carbocycles.